The van der Waals surface area contributed by atoms with Crippen LogP contribution >= 0.6 is 24.2 Å². The molecule has 1 aromatic rings. The molecule has 19 heavy (non-hydrogen) atoms. The zero-order valence-electron chi connectivity index (χ0n) is 9.63. The van der Waals surface area contributed by atoms with Crippen molar-refractivity contribution in [2.24, 2.45) is 0 Å². The van der Waals surface area contributed by atoms with Crippen LogP contribution < -0.4 is 5.32 Å². The molecular formula is C11H11ClF3NO2S. The fraction of sp³-hybridized carbons (Fsp3) is 0.364. The first-order valence-corrected chi connectivity index (χ1v) is 6.03. The average Bonchev–Trinajstić information content (AvgIpc) is 2.30. The molecule has 3 nitrogen and oxygen atoms in total. The maximum absolute atomic E-state index is 11.8. The number of carbonyl (C=O) groups is 1. The third kappa shape index (κ3) is 6.17. The normalized spacial score (nSPS) is 11.4. The number of nitrogens with one attached hydrogen (secondary N) is 1. The van der Waals surface area contributed by atoms with Crippen LogP contribution in [0, 0.1) is 0 Å². The molecule has 106 valence electrons. The van der Waals surface area contributed by atoms with E-state index in [1.54, 1.807) is 6.07 Å². The number of amides is 1. The molecule has 0 saturated heterocycles. The van der Waals surface area contributed by atoms with Crippen LogP contribution in [0.25, 0.3) is 0 Å². The van der Waals surface area contributed by atoms with Crippen molar-refractivity contribution in [3.05, 3.63) is 28.8 Å². The first-order chi connectivity index (χ1) is 8.79. The number of hydrogen-bond donors (Lipinski definition) is 2. The van der Waals surface area contributed by atoms with Crippen LogP contribution in [0.1, 0.15) is 10.4 Å². The highest BCUT2D eigenvalue weighted by molar-refractivity contribution is 7.80. The molecule has 0 bridgehead atoms. The van der Waals surface area contributed by atoms with E-state index in [-0.39, 0.29) is 23.7 Å². The Balaban J connectivity index is 2.38. The molecule has 1 amide bonds. The molecule has 1 N–H and O–H groups in total. The molecule has 0 aliphatic carbocycles. The first-order valence-electron chi connectivity index (χ1n) is 5.21. The van der Waals surface area contributed by atoms with Gasteiger partial charge in [-0.15, -0.1) is 12.6 Å². The van der Waals surface area contributed by atoms with Crippen molar-refractivity contribution in [1.29, 1.82) is 0 Å². The van der Waals surface area contributed by atoms with Gasteiger partial charge in [-0.1, -0.05) is 11.6 Å². The van der Waals surface area contributed by atoms with Crippen molar-refractivity contribution in [2.75, 3.05) is 19.8 Å². The number of alkyl halides is 3. The van der Waals surface area contributed by atoms with Crippen LogP contribution in [-0.2, 0) is 4.74 Å². The van der Waals surface area contributed by atoms with E-state index in [4.69, 9.17) is 11.6 Å². The summed E-state index contributed by atoms with van der Waals surface area (Å²) in [5.41, 5.74) is 0.213. The quantitative estimate of drug-likeness (QED) is 0.648. The Hall–Kier alpha value is -0.920. The lowest BCUT2D eigenvalue weighted by Gasteiger charge is -2.09. The van der Waals surface area contributed by atoms with Crippen LogP contribution in [0.5, 0.6) is 0 Å². The summed E-state index contributed by atoms with van der Waals surface area (Å²) in [7, 11) is 0. The number of ether oxygens (including phenoxy) is 1. The predicted molar refractivity (Wildman–Crippen MR) is 67.9 cm³/mol. The maximum atomic E-state index is 11.8. The van der Waals surface area contributed by atoms with E-state index in [1.807, 2.05) is 0 Å². The van der Waals surface area contributed by atoms with Gasteiger partial charge in [-0.05, 0) is 18.2 Å². The Bertz CT molecular complexity index is 454. The highest BCUT2D eigenvalue weighted by Crippen LogP contribution is 2.19. The van der Waals surface area contributed by atoms with Crippen LogP contribution in [0.3, 0.4) is 0 Å². The largest absolute Gasteiger partial charge is 0.411 e. The zero-order chi connectivity index (χ0) is 14.5. The first kappa shape index (κ1) is 16.1. The molecule has 1 rings (SSSR count). The standard InChI is InChI=1S/C11H11ClF3NO2S/c12-9-2-1-7(19)5-8(9)10(17)16-3-4-18-6-11(13,14)15/h1-2,5,19H,3-4,6H2,(H,16,17). The minimum atomic E-state index is -4.37. The molecular weight excluding hydrogens is 303 g/mol. The molecule has 0 aliphatic rings. The van der Waals surface area contributed by atoms with E-state index in [2.05, 4.69) is 22.7 Å². The van der Waals surface area contributed by atoms with E-state index in [0.717, 1.165) is 0 Å². The minimum Gasteiger partial charge on any atom is -0.370 e. The summed E-state index contributed by atoms with van der Waals surface area (Å²) in [5, 5.41) is 2.65. The Morgan fingerprint density at radius 1 is 1.42 bits per heavy atom. The molecule has 0 heterocycles. The van der Waals surface area contributed by atoms with Gasteiger partial charge in [0.15, 0.2) is 0 Å². The van der Waals surface area contributed by atoms with Crippen LogP contribution in [0.2, 0.25) is 5.02 Å². The molecule has 0 spiro atoms. The second-order valence-corrected chi connectivity index (χ2v) is 4.51. The topological polar surface area (TPSA) is 38.3 Å². The summed E-state index contributed by atoms with van der Waals surface area (Å²) in [6, 6.07) is 4.60. The van der Waals surface area contributed by atoms with Crippen LogP contribution in [0.4, 0.5) is 13.2 Å². The molecule has 0 unspecified atom stereocenters. The van der Waals surface area contributed by atoms with Gasteiger partial charge < -0.3 is 10.1 Å². The van der Waals surface area contributed by atoms with Crippen molar-refractivity contribution in [3.63, 3.8) is 0 Å². The summed E-state index contributed by atoms with van der Waals surface area (Å²) in [4.78, 5) is 12.2. The SMILES string of the molecule is O=C(NCCOCC(F)(F)F)c1cc(S)ccc1Cl. The van der Waals surface area contributed by atoms with E-state index in [0.29, 0.717) is 4.90 Å². The van der Waals surface area contributed by atoms with Crippen molar-refractivity contribution >= 4 is 30.1 Å². The third-order valence-electron chi connectivity index (χ3n) is 1.99. The Morgan fingerprint density at radius 2 is 2.11 bits per heavy atom. The summed E-state index contributed by atoms with van der Waals surface area (Å²) in [6.07, 6.45) is -4.37. The highest BCUT2D eigenvalue weighted by atomic mass is 35.5. The average molecular weight is 314 g/mol. The summed E-state index contributed by atoms with van der Waals surface area (Å²) < 4.78 is 39.6. The molecule has 0 saturated carbocycles. The van der Waals surface area contributed by atoms with Gasteiger partial charge in [0.2, 0.25) is 0 Å². The summed E-state index contributed by atoms with van der Waals surface area (Å²) in [6.45, 7) is -1.61. The smallest absolute Gasteiger partial charge is 0.370 e. The second kappa shape index (κ2) is 7.02. The molecule has 0 aromatic heterocycles. The molecule has 8 heteroatoms. The van der Waals surface area contributed by atoms with Gasteiger partial charge in [0.25, 0.3) is 5.91 Å². The minimum absolute atomic E-state index is 0.0396. The number of benzene rings is 1. The molecule has 0 fully saturated rings. The number of hydrogen-bond acceptors (Lipinski definition) is 3. The molecule has 0 radical (unpaired) electrons. The van der Waals surface area contributed by atoms with Crippen molar-refractivity contribution < 1.29 is 22.7 Å². The van der Waals surface area contributed by atoms with Gasteiger partial charge in [0.05, 0.1) is 17.2 Å². The summed E-state index contributed by atoms with van der Waals surface area (Å²) >= 11 is 9.88. The van der Waals surface area contributed by atoms with E-state index < -0.39 is 18.7 Å². The number of carbonyl (C=O) groups excluding carboxylic acids is 1. The second-order valence-electron chi connectivity index (χ2n) is 3.59. The Kier molecular flexibility index (Phi) is 5.96. The van der Waals surface area contributed by atoms with Crippen molar-refractivity contribution in [1.82, 2.24) is 5.32 Å². The Morgan fingerprint density at radius 3 is 2.74 bits per heavy atom. The fourth-order valence-electron chi connectivity index (χ4n) is 1.21. The van der Waals surface area contributed by atoms with Gasteiger partial charge in [0.1, 0.15) is 6.61 Å². The van der Waals surface area contributed by atoms with Gasteiger partial charge in [-0.2, -0.15) is 13.2 Å². The lowest BCUT2D eigenvalue weighted by molar-refractivity contribution is -0.173. The lowest BCUT2D eigenvalue weighted by Crippen LogP contribution is -2.29. The van der Waals surface area contributed by atoms with Crippen molar-refractivity contribution in [3.8, 4) is 0 Å². The van der Waals surface area contributed by atoms with Gasteiger partial charge in [-0.25, -0.2) is 0 Å². The van der Waals surface area contributed by atoms with Gasteiger partial charge >= 0.3 is 6.18 Å². The van der Waals surface area contributed by atoms with E-state index in [9.17, 15) is 18.0 Å². The van der Waals surface area contributed by atoms with Crippen LogP contribution in [0.15, 0.2) is 23.1 Å². The Labute approximate surface area is 118 Å². The zero-order valence-corrected chi connectivity index (χ0v) is 11.3. The number of rotatable bonds is 5. The molecule has 0 atom stereocenters. The number of thiol groups is 1. The predicted octanol–water partition coefficient (Wildman–Crippen LogP) is 2.94. The summed E-state index contributed by atoms with van der Waals surface area (Å²) in [5.74, 6) is -0.489. The number of halogens is 4. The maximum Gasteiger partial charge on any atom is 0.411 e. The fourth-order valence-corrected chi connectivity index (χ4v) is 1.61. The molecule has 0 aliphatic heterocycles. The van der Waals surface area contributed by atoms with Crippen molar-refractivity contribution in [2.45, 2.75) is 11.1 Å². The highest BCUT2D eigenvalue weighted by Gasteiger charge is 2.27. The third-order valence-corrected chi connectivity index (χ3v) is 2.60. The van der Waals surface area contributed by atoms with Gasteiger partial charge in [0, 0.05) is 11.4 Å². The lowest BCUT2D eigenvalue weighted by atomic mass is 10.2. The molecule has 1 aromatic carbocycles. The van der Waals surface area contributed by atoms with Gasteiger partial charge in [-0.3, -0.25) is 4.79 Å². The van der Waals surface area contributed by atoms with E-state index in [1.165, 1.54) is 12.1 Å². The van der Waals surface area contributed by atoms with Crippen LogP contribution in [-0.4, -0.2) is 31.8 Å². The monoisotopic (exact) mass is 313 g/mol. The van der Waals surface area contributed by atoms with E-state index >= 15 is 0 Å².